The van der Waals surface area contributed by atoms with Crippen molar-refractivity contribution < 1.29 is 9.53 Å². The molecule has 1 aliphatic carbocycles. The molecule has 104 valence electrons. The van der Waals surface area contributed by atoms with E-state index in [9.17, 15) is 4.79 Å². The van der Waals surface area contributed by atoms with Gasteiger partial charge in [0.05, 0.1) is 24.1 Å². The second-order valence-electron chi connectivity index (χ2n) is 4.59. The second kappa shape index (κ2) is 5.09. The molecule has 1 aliphatic rings. The van der Waals surface area contributed by atoms with Gasteiger partial charge >= 0.3 is 5.97 Å². The summed E-state index contributed by atoms with van der Waals surface area (Å²) in [5.74, 6) is 0.545. The molecule has 0 unspecified atom stereocenters. The molecule has 0 saturated heterocycles. The van der Waals surface area contributed by atoms with Crippen LogP contribution in [-0.4, -0.2) is 23.0 Å². The first-order valence-electron chi connectivity index (χ1n) is 6.24. The summed E-state index contributed by atoms with van der Waals surface area (Å²) in [5, 5.41) is 5.83. The third-order valence-corrected chi connectivity index (χ3v) is 3.91. The van der Waals surface area contributed by atoms with E-state index in [0.717, 1.165) is 10.8 Å². The molecule has 0 aromatic carbocycles. The Morgan fingerprint density at radius 3 is 3.05 bits per heavy atom. The molecule has 2 aromatic heterocycles. The van der Waals surface area contributed by atoms with Crippen molar-refractivity contribution in [1.82, 2.24) is 9.97 Å². The van der Waals surface area contributed by atoms with Gasteiger partial charge in [0.25, 0.3) is 0 Å². The van der Waals surface area contributed by atoms with Crippen molar-refractivity contribution in [3.8, 4) is 0 Å². The lowest BCUT2D eigenvalue weighted by Crippen LogP contribution is -2.08. The number of anilines is 3. The lowest BCUT2D eigenvalue weighted by atomic mass is 10.2. The summed E-state index contributed by atoms with van der Waals surface area (Å²) >= 11 is 1.51. The Balaban J connectivity index is 1.84. The zero-order chi connectivity index (χ0) is 14.1. The third kappa shape index (κ3) is 2.44. The number of aromatic nitrogens is 2. The number of rotatable bonds is 4. The molecule has 0 amide bonds. The summed E-state index contributed by atoms with van der Waals surface area (Å²) in [6.07, 6.45) is 3.93. The van der Waals surface area contributed by atoms with Crippen molar-refractivity contribution in [2.24, 2.45) is 0 Å². The lowest BCUT2D eigenvalue weighted by molar-refractivity contribution is 0.0602. The van der Waals surface area contributed by atoms with Crippen LogP contribution in [-0.2, 0) is 4.74 Å². The molecule has 0 radical (unpaired) electrons. The Kier molecular flexibility index (Phi) is 3.27. The van der Waals surface area contributed by atoms with Crippen LogP contribution in [0, 0.1) is 0 Å². The summed E-state index contributed by atoms with van der Waals surface area (Å²) in [5.41, 5.74) is 7.61. The molecule has 20 heavy (non-hydrogen) atoms. The van der Waals surface area contributed by atoms with Crippen LogP contribution in [0.4, 0.5) is 16.6 Å². The quantitative estimate of drug-likeness (QED) is 0.841. The third-order valence-electron chi connectivity index (χ3n) is 3.14. The summed E-state index contributed by atoms with van der Waals surface area (Å²) in [6, 6.07) is 1.53. The number of hydrogen-bond donors (Lipinski definition) is 2. The van der Waals surface area contributed by atoms with E-state index in [-0.39, 0.29) is 5.69 Å². The SMILES string of the molecule is COC(=O)c1ccnc(Nc2nc(C3CC3)cs2)c1N. The van der Waals surface area contributed by atoms with E-state index in [2.05, 4.69) is 20.0 Å². The van der Waals surface area contributed by atoms with Crippen LogP contribution >= 0.6 is 11.3 Å². The summed E-state index contributed by atoms with van der Waals surface area (Å²) in [7, 11) is 1.32. The van der Waals surface area contributed by atoms with Crippen molar-refractivity contribution in [2.45, 2.75) is 18.8 Å². The molecule has 3 N–H and O–H groups in total. The number of ether oxygens (including phenoxy) is 1. The summed E-state index contributed by atoms with van der Waals surface area (Å²) in [6.45, 7) is 0. The topological polar surface area (TPSA) is 90.1 Å². The smallest absolute Gasteiger partial charge is 0.340 e. The highest BCUT2D eigenvalue weighted by molar-refractivity contribution is 7.13. The van der Waals surface area contributed by atoms with Crippen LogP contribution in [0.25, 0.3) is 0 Å². The van der Waals surface area contributed by atoms with Crippen LogP contribution in [0.5, 0.6) is 0 Å². The number of thiazole rings is 1. The Morgan fingerprint density at radius 1 is 1.55 bits per heavy atom. The fourth-order valence-corrected chi connectivity index (χ4v) is 2.66. The van der Waals surface area contributed by atoms with Crippen molar-refractivity contribution in [3.05, 3.63) is 28.9 Å². The van der Waals surface area contributed by atoms with Gasteiger partial charge in [-0.05, 0) is 18.9 Å². The first-order chi connectivity index (χ1) is 9.69. The van der Waals surface area contributed by atoms with Crippen LogP contribution in [0.3, 0.4) is 0 Å². The van der Waals surface area contributed by atoms with E-state index in [0.29, 0.717) is 17.3 Å². The Bertz CT molecular complexity index is 652. The molecule has 0 spiro atoms. The minimum absolute atomic E-state index is 0.266. The summed E-state index contributed by atoms with van der Waals surface area (Å²) in [4.78, 5) is 20.2. The highest BCUT2D eigenvalue weighted by atomic mass is 32.1. The minimum Gasteiger partial charge on any atom is -0.465 e. The molecule has 0 aliphatic heterocycles. The van der Waals surface area contributed by atoms with Gasteiger partial charge in [0.15, 0.2) is 10.9 Å². The van der Waals surface area contributed by atoms with Gasteiger partial charge in [0, 0.05) is 17.5 Å². The number of carbonyl (C=O) groups is 1. The standard InChI is InChI=1S/C13H14N4O2S/c1-19-12(18)8-4-5-15-11(10(8)14)17-13-16-9(6-20-13)7-2-3-7/h4-7H,2-3,14H2,1H3,(H,15,16,17). The number of nitrogens with zero attached hydrogens (tertiary/aromatic N) is 2. The Hall–Kier alpha value is -2.15. The molecule has 6 nitrogen and oxygen atoms in total. The van der Waals surface area contributed by atoms with Gasteiger partial charge in [0.2, 0.25) is 0 Å². The molecule has 2 aromatic rings. The average molecular weight is 290 g/mol. The van der Waals surface area contributed by atoms with E-state index in [4.69, 9.17) is 5.73 Å². The maximum absolute atomic E-state index is 11.6. The molecular formula is C13H14N4O2S. The summed E-state index contributed by atoms with van der Waals surface area (Å²) < 4.78 is 4.68. The van der Waals surface area contributed by atoms with Crippen LogP contribution in [0.15, 0.2) is 17.6 Å². The van der Waals surface area contributed by atoms with Crippen molar-refractivity contribution >= 4 is 33.9 Å². The number of esters is 1. The molecular weight excluding hydrogens is 276 g/mol. The van der Waals surface area contributed by atoms with E-state index in [1.807, 2.05) is 5.38 Å². The van der Waals surface area contributed by atoms with Gasteiger partial charge in [-0.25, -0.2) is 14.8 Å². The molecule has 0 bridgehead atoms. The number of nitrogens with two attached hydrogens (primary N) is 1. The number of methoxy groups -OCH3 is 1. The molecule has 0 atom stereocenters. The predicted octanol–water partition coefficient (Wildman–Crippen LogP) is 2.53. The van der Waals surface area contributed by atoms with Gasteiger partial charge in [0.1, 0.15) is 0 Å². The Morgan fingerprint density at radius 2 is 2.35 bits per heavy atom. The van der Waals surface area contributed by atoms with Gasteiger partial charge < -0.3 is 15.8 Å². The van der Waals surface area contributed by atoms with Crippen molar-refractivity contribution in [3.63, 3.8) is 0 Å². The van der Waals surface area contributed by atoms with Crippen LogP contribution < -0.4 is 11.1 Å². The zero-order valence-electron chi connectivity index (χ0n) is 10.9. The van der Waals surface area contributed by atoms with Crippen molar-refractivity contribution in [2.75, 3.05) is 18.2 Å². The molecule has 2 heterocycles. The molecule has 7 heteroatoms. The first-order valence-corrected chi connectivity index (χ1v) is 7.12. The van der Waals surface area contributed by atoms with E-state index in [1.54, 1.807) is 0 Å². The first kappa shape index (κ1) is 12.9. The monoisotopic (exact) mass is 290 g/mol. The second-order valence-corrected chi connectivity index (χ2v) is 5.45. The predicted molar refractivity (Wildman–Crippen MR) is 77.4 cm³/mol. The lowest BCUT2D eigenvalue weighted by Gasteiger charge is -2.08. The van der Waals surface area contributed by atoms with Crippen molar-refractivity contribution in [1.29, 1.82) is 0 Å². The maximum Gasteiger partial charge on any atom is 0.340 e. The molecule has 1 saturated carbocycles. The largest absolute Gasteiger partial charge is 0.465 e. The highest BCUT2D eigenvalue weighted by Crippen LogP contribution is 2.41. The number of hydrogen-bond acceptors (Lipinski definition) is 7. The molecule has 1 fully saturated rings. The zero-order valence-corrected chi connectivity index (χ0v) is 11.7. The normalized spacial score (nSPS) is 14.1. The van der Waals surface area contributed by atoms with Gasteiger partial charge in [-0.15, -0.1) is 11.3 Å². The highest BCUT2D eigenvalue weighted by Gasteiger charge is 2.26. The van der Waals surface area contributed by atoms with Gasteiger partial charge in [-0.2, -0.15) is 0 Å². The number of carbonyl (C=O) groups excluding carboxylic acids is 1. The van der Waals surface area contributed by atoms with E-state index in [1.165, 1.54) is 43.6 Å². The van der Waals surface area contributed by atoms with Gasteiger partial charge in [-0.1, -0.05) is 0 Å². The number of pyridine rings is 1. The van der Waals surface area contributed by atoms with Crippen LogP contribution in [0.2, 0.25) is 0 Å². The number of nitrogens with one attached hydrogen (secondary N) is 1. The fraction of sp³-hybridized carbons (Fsp3) is 0.308. The number of nitrogen functional groups attached to an aromatic ring is 1. The van der Waals surface area contributed by atoms with E-state index >= 15 is 0 Å². The fourth-order valence-electron chi connectivity index (χ4n) is 1.87. The van der Waals surface area contributed by atoms with Gasteiger partial charge in [-0.3, -0.25) is 0 Å². The Labute approximate surface area is 120 Å². The van der Waals surface area contributed by atoms with Crippen LogP contribution in [0.1, 0.15) is 34.8 Å². The maximum atomic E-state index is 11.6. The van der Waals surface area contributed by atoms with E-state index < -0.39 is 5.97 Å². The average Bonchev–Trinajstić information content (AvgIpc) is 3.21. The minimum atomic E-state index is -0.481. The molecule has 3 rings (SSSR count).